The van der Waals surface area contributed by atoms with Crippen molar-refractivity contribution in [1.82, 2.24) is 24.0 Å². The van der Waals surface area contributed by atoms with Gasteiger partial charge in [-0.1, -0.05) is 32.9 Å². The number of hydrogen-bond donors (Lipinski definition) is 2. The molecule has 10 heteroatoms. The van der Waals surface area contributed by atoms with Crippen LogP contribution in [0.5, 0.6) is 0 Å². The second kappa shape index (κ2) is 8.97. The molecular formula is C22H29FN6O3. The van der Waals surface area contributed by atoms with Crippen molar-refractivity contribution >= 4 is 23.0 Å². The number of carbonyl (C=O) groups is 1. The largest absolute Gasteiger partial charge is 0.354 e. The molecule has 0 unspecified atom stereocenters. The molecule has 2 heterocycles. The van der Waals surface area contributed by atoms with Crippen molar-refractivity contribution in [2.75, 3.05) is 18.4 Å². The van der Waals surface area contributed by atoms with Crippen molar-refractivity contribution in [2.45, 2.75) is 33.7 Å². The molecule has 0 spiro atoms. The zero-order valence-corrected chi connectivity index (χ0v) is 19.0. The maximum atomic E-state index is 13.3. The summed E-state index contributed by atoms with van der Waals surface area (Å²) in [5.41, 5.74) is 0.228. The Hall–Kier alpha value is -3.43. The lowest BCUT2D eigenvalue weighted by Crippen LogP contribution is -2.37. The molecule has 0 aliphatic carbocycles. The number of benzene rings is 1. The van der Waals surface area contributed by atoms with Gasteiger partial charge in [-0.2, -0.15) is 4.98 Å². The van der Waals surface area contributed by atoms with Crippen molar-refractivity contribution in [3.8, 4) is 0 Å². The van der Waals surface area contributed by atoms with E-state index in [9.17, 15) is 18.8 Å². The quantitative estimate of drug-likeness (QED) is 0.539. The predicted octanol–water partition coefficient (Wildman–Crippen LogP) is 1.59. The summed E-state index contributed by atoms with van der Waals surface area (Å²) in [6.45, 7) is 6.97. The summed E-state index contributed by atoms with van der Waals surface area (Å²) in [4.78, 5) is 41.7. The highest BCUT2D eigenvalue weighted by atomic mass is 19.1. The van der Waals surface area contributed by atoms with Crippen molar-refractivity contribution in [3.63, 3.8) is 0 Å². The minimum absolute atomic E-state index is 0.0459. The monoisotopic (exact) mass is 444 g/mol. The molecule has 1 amide bonds. The lowest BCUT2D eigenvalue weighted by molar-refractivity contribution is -0.122. The first kappa shape index (κ1) is 23.2. The minimum atomic E-state index is -0.477. The third-order valence-corrected chi connectivity index (χ3v) is 5.02. The highest BCUT2D eigenvalue weighted by Crippen LogP contribution is 2.19. The van der Waals surface area contributed by atoms with E-state index in [2.05, 4.69) is 15.6 Å². The van der Waals surface area contributed by atoms with Crippen LogP contribution in [-0.2, 0) is 25.4 Å². The summed E-state index contributed by atoms with van der Waals surface area (Å²) in [6, 6.07) is 5.95. The van der Waals surface area contributed by atoms with Crippen LogP contribution in [0.15, 0.2) is 33.9 Å². The number of fused-ring (bicyclic) bond motifs is 1. The number of halogens is 1. The number of aryl methyl sites for hydroxylation is 1. The van der Waals surface area contributed by atoms with Gasteiger partial charge in [0.05, 0.1) is 6.54 Å². The first-order chi connectivity index (χ1) is 15.0. The van der Waals surface area contributed by atoms with Gasteiger partial charge in [0.25, 0.3) is 5.56 Å². The normalized spacial score (nSPS) is 11.7. The number of amides is 1. The molecule has 0 aliphatic rings. The molecule has 0 saturated heterocycles. The lowest BCUT2D eigenvalue weighted by atomic mass is 9.92. The van der Waals surface area contributed by atoms with Gasteiger partial charge in [0.15, 0.2) is 11.2 Å². The summed E-state index contributed by atoms with van der Waals surface area (Å²) in [6.07, 6.45) is 0.411. The minimum Gasteiger partial charge on any atom is -0.354 e. The molecule has 3 aromatic rings. The van der Waals surface area contributed by atoms with Crippen molar-refractivity contribution in [3.05, 3.63) is 56.5 Å². The Labute approximate surface area is 184 Å². The average Bonchev–Trinajstić information content (AvgIpc) is 3.07. The van der Waals surface area contributed by atoms with Crippen molar-refractivity contribution in [2.24, 2.45) is 19.5 Å². The van der Waals surface area contributed by atoms with Crippen LogP contribution in [0, 0.1) is 11.2 Å². The summed E-state index contributed by atoms with van der Waals surface area (Å²) >= 11 is 0. The molecule has 2 N–H and O–H groups in total. The van der Waals surface area contributed by atoms with E-state index >= 15 is 0 Å². The van der Waals surface area contributed by atoms with Gasteiger partial charge < -0.3 is 10.6 Å². The molecule has 2 aromatic heterocycles. The third-order valence-electron chi connectivity index (χ3n) is 5.02. The van der Waals surface area contributed by atoms with Crippen LogP contribution in [0.3, 0.4) is 0 Å². The van der Waals surface area contributed by atoms with Crippen LogP contribution in [0.2, 0.25) is 0 Å². The maximum absolute atomic E-state index is 13.3. The van der Waals surface area contributed by atoms with Crippen LogP contribution in [0.25, 0.3) is 11.2 Å². The predicted molar refractivity (Wildman–Crippen MR) is 121 cm³/mol. The summed E-state index contributed by atoms with van der Waals surface area (Å²) < 4.78 is 17.3. The molecular weight excluding hydrogens is 415 g/mol. The van der Waals surface area contributed by atoms with E-state index in [-0.39, 0.29) is 34.8 Å². The lowest BCUT2D eigenvalue weighted by Gasteiger charge is -2.17. The molecule has 1 aromatic carbocycles. The smallest absolute Gasteiger partial charge is 0.332 e. The molecule has 0 atom stereocenters. The first-order valence-electron chi connectivity index (χ1n) is 10.4. The number of aromatic nitrogens is 4. The zero-order valence-electron chi connectivity index (χ0n) is 19.0. The highest BCUT2D eigenvalue weighted by Gasteiger charge is 2.20. The van der Waals surface area contributed by atoms with Gasteiger partial charge >= 0.3 is 5.69 Å². The molecule has 0 radical (unpaired) electrons. The number of nitrogens with zero attached hydrogens (tertiary/aromatic N) is 4. The molecule has 172 valence electrons. The average molecular weight is 445 g/mol. The summed E-state index contributed by atoms with van der Waals surface area (Å²) in [5.74, 6) is -0.0185. The zero-order chi connectivity index (χ0) is 23.6. The van der Waals surface area contributed by atoms with E-state index in [0.29, 0.717) is 25.5 Å². The molecule has 32 heavy (non-hydrogen) atoms. The Kier molecular flexibility index (Phi) is 6.52. The van der Waals surface area contributed by atoms with Crippen LogP contribution < -0.4 is 21.9 Å². The molecule has 9 nitrogen and oxygen atoms in total. The Balaban J connectivity index is 1.91. The Morgan fingerprint density at radius 1 is 1.06 bits per heavy atom. The van der Waals surface area contributed by atoms with E-state index in [1.54, 1.807) is 23.7 Å². The molecule has 0 saturated carbocycles. The standard InChI is InChI=1S/C22H29FN6O3/c1-22(2,3)12-16(30)24-10-11-25-20-26-18-17(19(31)28(5)21(32)27(18)4)29(20)13-14-6-8-15(23)9-7-14/h6-9H,10-13H2,1-5H3,(H,24,30)(H,25,26). The van der Waals surface area contributed by atoms with Gasteiger partial charge in [-0.05, 0) is 23.1 Å². The molecule has 0 bridgehead atoms. The molecule has 3 rings (SSSR count). The van der Waals surface area contributed by atoms with Gasteiger partial charge in [0.1, 0.15) is 5.82 Å². The first-order valence-corrected chi connectivity index (χ1v) is 10.4. The molecule has 0 fully saturated rings. The van der Waals surface area contributed by atoms with E-state index in [0.717, 1.165) is 10.1 Å². The van der Waals surface area contributed by atoms with E-state index in [1.807, 2.05) is 20.8 Å². The van der Waals surface area contributed by atoms with Crippen LogP contribution in [0.1, 0.15) is 32.8 Å². The summed E-state index contributed by atoms with van der Waals surface area (Å²) in [5, 5.41) is 6.00. The van der Waals surface area contributed by atoms with Crippen LogP contribution >= 0.6 is 0 Å². The van der Waals surface area contributed by atoms with Gasteiger partial charge in [-0.15, -0.1) is 0 Å². The van der Waals surface area contributed by atoms with E-state index < -0.39 is 11.2 Å². The number of rotatable bonds is 7. The second-order valence-electron chi connectivity index (χ2n) is 9.04. The fourth-order valence-electron chi connectivity index (χ4n) is 3.43. The Morgan fingerprint density at radius 3 is 2.34 bits per heavy atom. The Morgan fingerprint density at radius 2 is 1.72 bits per heavy atom. The summed E-state index contributed by atoms with van der Waals surface area (Å²) in [7, 11) is 2.97. The number of nitrogens with one attached hydrogen (secondary N) is 2. The van der Waals surface area contributed by atoms with Crippen LogP contribution in [0.4, 0.5) is 10.3 Å². The van der Waals surface area contributed by atoms with Gasteiger partial charge in [0.2, 0.25) is 11.9 Å². The molecule has 0 aliphatic heterocycles. The Bertz CT molecular complexity index is 1250. The number of carbonyl (C=O) groups excluding carboxylic acids is 1. The number of imidazole rings is 1. The van der Waals surface area contributed by atoms with Gasteiger partial charge in [0, 0.05) is 33.6 Å². The van der Waals surface area contributed by atoms with Gasteiger partial charge in [-0.25, -0.2) is 9.18 Å². The fraction of sp³-hybridized carbons (Fsp3) is 0.455. The third kappa shape index (κ3) is 5.06. The second-order valence-corrected chi connectivity index (χ2v) is 9.04. The fourth-order valence-corrected chi connectivity index (χ4v) is 3.43. The van der Waals surface area contributed by atoms with E-state index in [4.69, 9.17) is 0 Å². The van der Waals surface area contributed by atoms with Crippen LogP contribution in [-0.4, -0.2) is 37.7 Å². The topological polar surface area (TPSA) is 103 Å². The number of anilines is 1. The van der Waals surface area contributed by atoms with E-state index in [1.165, 1.54) is 23.7 Å². The van der Waals surface area contributed by atoms with Crippen molar-refractivity contribution < 1.29 is 9.18 Å². The highest BCUT2D eigenvalue weighted by molar-refractivity contribution is 5.76. The van der Waals surface area contributed by atoms with Gasteiger partial charge in [-0.3, -0.25) is 23.3 Å². The number of hydrogen-bond acceptors (Lipinski definition) is 5. The SMILES string of the molecule is Cn1c(=O)c2c(nc(NCCNC(=O)CC(C)(C)C)n2Cc2ccc(F)cc2)n(C)c1=O. The maximum Gasteiger partial charge on any atom is 0.332 e. The van der Waals surface area contributed by atoms with Crippen molar-refractivity contribution in [1.29, 1.82) is 0 Å².